The predicted molar refractivity (Wildman–Crippen MR) is 68.9 cm³/mol. The smallest absolute Gasteiger partial charge is 0.133 e. The van der Waals surface area contributed by atoms with Crippen molar-refractivity contribution in [3.8, 4) is 16.9 Å². The second-order valence-electron chi connectivity index (χ2n) is 4.52. The van der Waals surface area contributed by atoms with Crippen LogP contribution in [0.25, 0.3) is 11.1 Å². The molecule has 1 aliphatic heterocycles. The van der Waals surface area contributed by atoms with Crippen LogP contribution in [0, 0.1) is 11.6 Å². The summed E-state index contributed by atoms with van der Waals surface area (Å²) in [6.07, 6.45) is 0.742. The van der Waals surface area contributed by atoms with Crippen LogP contribution in [0.5, 0.6) is 5.75 Å². The van der Waals surface area contributed by atoms with E-state index in [9.17, 15) is 8.78 Å². The summed E-state index contributed by atoms with van der Waals surface area (Å²) in [6.45, 7) is 0.873. The maximum Gasteiger partial charge on any atom is 0.133 e. The minimum atomic E-state index is -0.568. The van der Waals surface area contributed by atoms with Crippen LogP contribution in [0.1, 0.15) is 11.1 Å². The van der Waals surface area contributed by atoms with E-state index in [-0.39, 0.29) is 12.1 Å². The Hall–Kier alpha value is -1.94. The molecule has 0 atom stereocenters. The molecular weight excluding hydrogens is 248 g/mol. The van der Waals surface area contributed by atoms with Gasteiger partial charge in [-0.05, 0) is 35.4 Å². The van der Waals surface area contributed by atoms with Crippen molar-refractivity contribution in [2.75, 3.05) is 6.61 Å². The zero-order valence-electron chi connectivity index (χ0n) is 10.2. The average molecular weight is 261 g/mol. The lowest BCUT2D eigenvalue weighted by Crippen LogP contribution is -2.01. The zero-order valence-corrected chi connectivity index (χ0v) is 10.2. The van der Waals surface area contributed by atoms with Crippen LogP contribution in [0.15, 0.2) is 30.3 Å². The maximum atomic E-state index is 13.8. The standard InChI is InChI=1S/C15H13F2NO/c16-12-2-1-3-13(17)14(12)10-6-9-4-5-19-15(9)11(7-10)8-18/h1-3,6-7H,4-5,8,18H2. The topological polar surface area (TPSA) is 35.2 Å². The Bertz CT molecular complexity index is 620. The predicted octanol–water partition coefficient (Wildman–Crippen LogP) is 3.03. The van der Waals surface area contributed by atoms with Crippen molar-refractivity contribution in [3.63, 3.8) is 0 Å². The molecule has 0 bridgehead atoms. The average Bonchev–Trinajstić information content (AvgIpc) is 2.85. The van der Waals surface area contributed by atoms with E-state index in [2.05, 4.69) is 0 Å². The molecule has 1 aliphatic rings. The van der Waals surface area contributed by atoms with Crippen LogP contribution in [-0.2, 0) is 13.0 Å². The monoisotopic (exact) mass is 261 g/mol. The number of hydrogen-bond acceptors (Lipinski definition) is 2. The maximum absolute atomic E-state index is 13.8. The van der Waals surface area contributed by atoms with Crippen LogP contribution >= 0.6 is 0 Å². The molecule has 1 heterocycles. The number of nitrogens with two attached hydrogens (primary N) is 1. The number of hydrogen-bond donors (Lipinski definition) is 1. The highest BCUT2D eigenvalue weighted by Crippen LogP contribution is 2.36. The lowest BCUT2D eigenvalue weighted by Gasteiger charge is -2.11. The molecule has 0 aromatic heterocycles. The van der Waals surface area contributed by atoms with Crippen molar-refractivity contribution in [1.82, 2.24) is 0 Å². The fraction of sp³-hybridized carbons (Fsp3) is 0.200. The van der Waals surface area contributed by atoms with E-state index >= 15 is 0 Å². The summed E-state index contributed by atoms with van der Waals surface area (Å²) < 4.78 is 33.1. The highest BCUT2D eigenvalue weighted by molar-refractivity contribution is 5.69. The fourth-order valence-electron chi connectivity index (χ4n) is 2.46. The van der Waals surface area contributed by atoms with Gasteiger partial charge in [0.2, 0.25) is 0 Å². The molecule has 0 spiro atoms. The van der Waals surface area contributed by atoms with Crippen molar-refractivity contribution in [1.29, 1.82) is 0 Å². The van der Waals surface area contributed by atoms with E-state index in [4.69, 9.17) is 10.5 Å². The molecule has 4 heteroatoms. The Morgan fingerprint density at radius 3 is 2.58 bits per heavy atom. The number of fused-ring (bicyclic) bond motifs is 1. The fourth-order valence-corrected chi connectivity index (χ4v) is 2.46. The van der Waals surface area contributed by atoms with Crippen molar-refractivity contribution in [2.24, 2.45) is 5.73 Å². The molecule has 0 fully saturated rings. The summed E-state index contributed by atoms with van der Waals surface area (Å²) in [7, 11) is 0. The molecule has 19 heavy (non-hydrogen) atoms. The van der Waals surface area contributed by atoms with E-state index in [1.807, 2.05) is 0 Å². The first kappa shape index (κ1) is 12.1. The first-order valence-electron chi connectivity index (χ1n) is 6.13. The van der Waals surface area contributed by atoms with Gasteiger partial charge in [-0.3, -0.25) is 0 Å². The molecule has 0 saturated heterocycles. The molecule has 0 unspecified atom stereocenters. The third kappa shape index (κ3) is 1.98. The van der Waals surface area contributed by atoms with Gasteiger partial charge in [0.25, 0.3) is 0 Å². The van der Waals surface area contributed by atoms with Crippen molar-refractivity contribution in [3.05, 3.63) is 53.1 Å². The van der Waals surface area contributed by atoms with Gasteiger partial charge in [-0.1, -0.05) is 6.07 Å². The van der Waals surface area contributed by atoms with E-state index in [1.54, 1.807) is 12.1 Å². The lowest BCUT2D eigenvalue weighted by atomic mass is 9.97. The second kappa shape index (κ2) is 4.63. The second-order valence-corrected chi connectivity index (χ2v) is 4.52. The largest absolute Gasteiger partial charge is 0.493 e. The van der Waals surface area contributed by atoms with Gasteiger partial charge >= 0.3 is 0 Å². The molecule has 2 aromatic carbocycles. The third-order valence-electron chi connectivity index (χ3n) is 3.33. The lowest BCUT2D eigenvalue weighted by molar-refractivity contribution is 0.353. The minimum absolute atomic E-state index is 0.00750. The van der Waals surface area contributed by atoms with Crippen molar-refractivity contribution in [2.45, 2.75) is 13.0 Å². The van der Waals surface area contributed by atoms with E-state index in [0.29, 0.717) is 12.2 Å². The summed E-state index contributed by atoms with van der Waals surface area (Å²) in [4.78, 5) is 0. The molecule has 0 aliphatic carbocycles. The molecule has 2 aromatic rings. The van der Waals surface area contributed by atoms with Crippen molar-refractivity contribution < 1.29 is 13.5 Å². The first-order chi connectivity index (χ1) is 9.20. The van der Waals surface area contributed by atoms with Gasteiger partial charge in [-0.25, -0.2) is 8.78 Å². The molecule has 2 nitrogen and oxygen atoms in total. The number of halogens is 2. The minimum Gasteiger partial charge on any atom is -0.493 e. The van der Waals surface area contributed by atoms with Gasteiger partial charge in [-0.15, -0.1) is 0 Å². The first-order valence-corrected chi connectivity index (χ1v) is 6.13. The molecule has 3 rings (SSSR count). The summed E-state index contributed by atoms with van der Waals surface area (Å²) in [5, 5.41) is 0. The number of benzene rings is 2. The van der Waals surface area contributed by atoms with Crippen molar-refractivity contribution >= 4 is 0 Å². The molecule has 0 radical (unpaired) electrons. The molecule has 2 N–H and O–H groups in total. The molecule has 0 saturated carbocycles. The highest BCUT2D eigenvalue weighted by Gasteiger charge is 2.20. The Morgan fingerprint density at radius 2 is 1.89 bits per heavy atom. The van der Waals surface area contributed by atoms with Crippen LogP contribution in [-0.4, -0.2) is 6.61 Å². The highest BCUT2D eigenvalue weighted by atomic mass is 19.1. The van der Waals surface area contributed by atoms with Gasteiger partial charge in [0.05, 0.1) is 12.2 Å². The van der Waals surface area contributed by atoms with Crippen LogP contribution in [0.3, 0.4) is 0 Å². The van der Waals surface area contributed by atoms with Gasteiger partial charge in [-0.2, -0.15) is 0 Å². The van der Waals surface area contributed by atoms with Gasteiger partial charge in [0, 0.05) is 18.5 Å². The summed E-state index contributed by atoms with van der Waals surface area (Å²) in [5.41, 5.74) is 7.93. The Kier molecular flexibility index (Phi) is 2.95. The number of ether oxygens (including phenoxy) is 1. The quantitative estimate of drug-likeness (QED) is 0.901. The summed E-state index contributed by atoms with van der Waals surface area (Å²) in [6, 6.07) is 7.34. The SMILES string of the molecule is NCc1cc(-c2c(F)cccc2F)cc2c1OCC2. The van der Waals surface area contributed by atoms with Crippen LogP contribution in [0.2, 0.25) is 0 Å². The zero-order chi connectivity index (χ0) is 13.4. The van der Waals surface area contributed by atoms with Gasteiger partial charge < -0.3 is 10.5 Å². The van der Waals surface area contributed by atoms with Gasteiger partial charge in [0.1, 0.15) is 17.4 Å². The summed E-state index contributed by atoms with van der Waals surface area (Å²) in [5.74, 6) is -0.369. The van der Waals surface area contributed by atoms with Gasteiger partial charge in [0.15, 0.2) is 0 Å². The molecule has 0 amide bonds. The van der Waals surface area contributed by atoms with Crippen LogP contribution in [0.4, 0.5) is 8.78 Å². The normalized spacial score (nSPS) is 13.2. The van der Waals surface area contributed by atoms with E-state index in [1.165, 1.54) is 18.2 Å². The van der Waals surface area contributed by atoms with E-state index < -0.39 is 11.6 Å². The Balaban J connectivity index is 2.21. The Labute approximate surface area is 109 Å². The third-order valence-corrected chi connectivity index (χ3v) is 3.33. The van der Waals surface area contributed by atoms with Crippen LogP contribution < -0.4 is 10.5 Å². The number of rotatable bonds is 2. The molecular formula is C15H13F2NO. The Morgan fingerprint density at radius 1 is 1.16 bits per heavy atom. The summed E-state index contributed by atoms with van der Waals surface area (Å²) >= 11 is 0. The molecule has 98 valence electrons. The van der Waals surface area contributed by atoms with E-state index in [0.717, 1.165) is 23.3 Å².